The van der Waals surface area contributed by atoms with Crippen molar-refractivity contribution in [2.75, 3.05) is 6.61 Å². The van der Waals surface area contributed by atoms with E-state index in [0.717, 1.165) is 30.6 Å². The maximum atomic E-state index is 12.3. The molecule has 150 valence electrons. The summed E-state index contributed by atoms with van der Waals surface area (Å²) in [5.74, 6) is 1.18. The van der Waals surface area contributed by atoms with Gasteiger partial charge in [-0.1, -0.05) is 39.5 Å². The zero-order chi connectivity index (χ0) is 18.5. The first kappa shape index (κ1) is 20.2. The monoisotopic (exact) mass is 362 g/mol. The van der Waals surface area contributed by atoms with E-state index >= 15 is 0 Å². The van der Waals surface area contributed by atoms with Crippen LogP contribution < -0.4 is 0 Å². The lowest BCUT2D eigenvalue weighted by Gasteiger charge is -2.58. The highest BCUT2D eigenvalue weighted by molar-refractivity contribution is 5.72. The van der Waals surface area contributed by atoms with Crippen LogP contribution in [0, 0.1) is 22.7 Å². The summed E-state index contributed by atoms with van der Waals surface area (Å²) in [6.45, 7) is 5.16. The molecule has 0 N–H and O–H groups in total. The van der Waals surface area contributed by atoms with Crippen molar-refractivity contribution in [1.82, 2.24) is 0 Å². The Morgan fingerprint density at radius 2 is 1.46 bits per heavy atom. The van der Waals surface area contributed by atoms with Crippen LogP contribution in [0.2, 0.25) is 0 Å². The Kier molecular flexibility index (Phi) is 7.08. The molecule has 4 aliphatic carbocycles. The van der Waals surface area contributed by atoms with E-state index in [4.69, 9.17) is 4.74 Å². The second-order valence-electron chi connectivity index (χ2n) is 9.89. The van der Waals surface area contributed by atoms with Crippen LogP contribution in [0.3, 0.4) is 0 Å². The number of hydrogen-bond acceptors (Lipinski definition) is 2. The maximum Gasteiger partial charge on any atom is 0.308 e. The molecule has 0 heterocycles. The molecule has 4 rings (SSSR count). The van der Waals surface area contributed by atoms with Crippen molar-refractivity contribution in [2.45, 2.75) is 117 Å². The number of carbonyl (C=O) groups is 1. The molecule has 4 saturated carbocycles. The first-order chi connectivity index (χ1) is 12.6. The minimum atomic E-state index is 0.0999. The summed E-state index contributed by atoms with van der Waals surface area (Å²) in [6, 6.07) is 0. The van der Waals surface area contributed by atoms with E-state index in [1.165, 1.54) is 83.5 Å². The Bertz CT molecular complexity index is 423. The van der Waals surface area contributed by atoms with Gasteiger partial charge in [0, 0.05) is 0 Å². The molecule has 2 heteroatoms. The molecular formula is C24H42O2. The third-order valence-corrected chi connectivity index (χ3v) is 8.44. The third kappa shape index (κ3) is 4.47. The second-order valence-corrected chi connectivity index (χ2v) is 9.89. The van der Waals surface area contributed by atoms with E-state index in [-0.39, 0.29) is 11.9 Å². The van der Waals surface area contributed by atoms with Gasteiger partial charge in [0.05, 0.1) is 12.5 Å². The van der Waals surface area contributed by atoms with Crippen LogP contribution in [-0.4, -0.2) is 12.6 Å². The smallest absolute Gasteiger partial charge is 0.308 e. The molecule has 26 heavy (non-hydrogen) atoms. The lowest BCUT2D eigenvalue weighted by molar-refractivity contribution is -0.151. The number of fused-ring (bicyclic) bond motifs is 3. The first-order valence-electron chi connectivity index (χ1n) is 11.8. The molecule has 0 spiro atoms. The predicted octanol–water partition coefficient (Wildman–Crippen LogP) is 7.06. The van der Waals surface area contributed by atoms with Crippen LogP contribution in [0.1, 0.15) is 117 Å². The second kappa shape index (κ2) is 9.11. The fourth-order valence-corrected chi connectivity index (χ4v) is 6.42. The van der Waals surface area contributed by atoms with E-state index in [0.29, 0.717) is 12.0 Å². The van der Waals surface area contributed by atoms with E-state index < -0.39 is 0 Å². The van der Waals surface area contributed by atoms with Crippen LogP contribution in [-0.2, 0) is 9.53 Å². The molecule has 0 aromatic rings. The Labute approximate surface area is 161 Å². The fraction of sp³-hybridized carbons (Fsp3) is 0.958. The van der Waals surface area contributed by atoms with Gasteiger partial charge in [-0.25, -0.2) is 0 Å². The van der Waals surface area contributed by atoms with Crippen LogP contribution in [0.25, 0.3) is 0 Å². The van der Waals surface area contributed by atoms with Crippen LogP contribution in [0.15, 0.2) is 0 Å². The van der Waals surface area contributed by atoms with Gasteiger partial charge in [-0.05, 0) is 93.8 Å². The van der Waals surface area contributed by atoms with Gasteiger partial charge in [-0.2, -0.15) is 0 Å². The van der Waals surface area contributed by atoms with Gasteiger partial charge >= 0.3 is 5.97 Å². The summed E-state index contributed by atoms with van der Waals surface area (Å²) in [4.78, 5) is 12.3. The molecule has 0 radical (unpaired) electrons. The van der Waals surface area contributed by atoms with Gasteiger partial charge in [0.15, 0.2) is 0 Å². The highest BCUT2D eigenvalue weighted by Crippen LogP contribution is 2.63. The van der Waals surface area contributed by atoms with Crippen molar-refractivity contribution in [3.63, 3.8) is 0 Å². The molecule has 0 atom stereocenters. The molecule has 0 amide bonds. The minimum Gasteiger partial charge on any atom is -0.465 e. The normalized spacial score (nSPS) is 36.8. The molecule has 4 fully saturated rings. The molecule has 2 nitrogen and oxygen atoms in total. The van der Waals surface area contributed by atoms with Crippen molar-refractivity contribution in [1.29, 1.82) is 0 Å². The molecule has 2 bridgehead atoms. The van der Waals surface area contributed by atoms with Crippen LogP contribution in [0.4, 0.5) is 0 Å². The largest absolute Gasteiger partial charge is 0.465 e. The zero-order valence-electron chi connectivity index (χ0n) is 17.5. The summed E-state index contributed by atoms with van der Waals surface area (Å²) in [5.41, 5.74) is 1.36. The first-order valence-corrected chi connectivity index (χ1v) is 11.8. The summed E-state index contributed by atoms with van der Waals surface area (Å²) in [7, 11) is 0. The molecule has 0 unspecified atom stereocenters. The summed E-state index contributed by atoms with van der Waals surface area (Å²) < 4.78 is 5.54. The van der Waals surface area contributed by atoms with E-state index in [1.54, 1.807) is 0 Å². The quantitative estimate of drug-likeness (QED) is 0.324. The summed E-state index contributed by atoms with van der Waals surface area (Å²) in [6.07, 6.45) is 21.3. The average Bonchev–Trinajstić information content (AvgIpc) is 2.71. The van der Waals surface area contributed by atoms with Gasteiger partial charge in [-0.15, -0.1) is 0 Å². The van der Waals surface area contributed by atoms with Crippen molar-refractivity contribution >= 4 is 5.97 Å². The standard InChI is InChI=1S/C24H42O2/c1-3-5-7-19-26-22(25)20-8-10-21(11-9-20)24-16-13-23(14-17-24,15-18-24)12-6-4-2/h20-21H,3-19H2,1-2H3/t20-,21-,23?,24?. The van der Waals surface area contributed by atoms with Gasteiger partial charge < -0.3 is 4.74 Å². The summed E-state index contributed by atoms with van der Waals surface area (Å²) >= 11 is 0. The van der Waals surface area contributed by atoms with E-state index in [1.807, 2.05) is 0 Å². The Morgan fingerprint density at radius 1 is 0.846 bits per heavy atom. The number of carbonyl (C=O) groups excluding carboxylic acids is 1. The predicted molar refractivity (Wildman–Crippen MR) is 108 cm³/mol. The Hall–Kier alpha value is -0.530. The Balaban J connectivity index is 1.44. The number of rotatable bonds is 9. The number of ether oxygens (including phenoxy) is 1. The van der Waals surface area contributed by atoms with Gasteiger partial charge in [0.2, 0.25) is 0 Å². The molecule has 0 aromatic carbocycles. The van der Waals surface area contributed by atoms with E-state index in [9.17, 15) is 4.79 Å². The van der Waals surface area contributed by atoms with Crippen LogP contribution >= 0.6 is 0 Å². The van der Waals surface area contributed by atoms with Crippen molar-refractivity contribution in [3.8, 4) is 0 Å². The number of hydrogen-bond donors (Lipinski definition) is 0. The fourth-order valence-electron chi connectivity index (χ4n) is 6.42. The minimum absolute atomic E-state index is 0.0999. The molecule has 0 saturated heterocycles. The van der Waals surface area contributed by atoms with Crippen molar-refractivity contribution in [2.24, 2.45) is 22.7 Å². The number of esters is 1. The highest BCUT2D eigenvalue weighted by atomic mass is 16.5. The average molecular weight is 363 g/mol. The topological polar surface area (TPSA) is 26.3 Å². The molecular weight excluding hydrogens is 320 g/mol. The molecule has 0 aliphatic heterocycles. The van der Waals surface area contributed by atoms with Crippen molar-refractivity contribution in [3.05, 3.63) is 0 Å². The Morgan fingerprint density at radius 3 is 2.04 bits per heavy atom. The highest BCUT2D eigenvalue weighted by Gasteiger charge is 2.51. The lowest BCUT2D eigenvalue weighted by Crippen LogP contribution is -2.46. The zero-order valence-corrected chi connectivity index (χ0v) is 17.5. The SMILES string of the molecule is CCCCCOC(=O)[C@H]1CC[C@H](C23CCC(CCCC)(CC2)CC3)CC1. The van der Waals surface area contributed by atoms with Crippen LogP contribution in [0.5, 0.6) is 0 Å². The van der Waals surface area contributed by atoms with Gasteiger partial charge in [0.25, 0.3) is 0 Å². The van der Waals surface area contributed by atoms with Gasteiger partial charge in [-0.3, -0.25) is 4.79 Å². The van der Waals surface area contributed by atoms with Crippen molar-refractivity contribution < 1.29 is 9.53 Å². The number of unbranched alkanes of at least 4 members (excludes halogenated alkanes) is 3. The van der Waals surface area contributed by atoms with Gasteiger partial charge in [0.1, 0.15) is 0 Å². The van der Waals surface area contributed by atoms with E-state index in [2.05, 4.69) is 13.8 Å². The lowest BCUT2D eigenvalue weighted by atomic mass is 9.47. The molecule has 4 aliphatic rings. The maximum absolute atomic E-state index is 12.3. The molecule has 0 aromatic heterocycles. The third-order valence-electron chi connectivity index (χ3n) is 8.44. The summed E-state index contributed by atoms with van der Waals surface area (Å²) in [5, 5.41) is 0.